The van der Waals surface area contributed by atoms with Gasteiger partial charge in [-0.05, 0) is 85.0 Å². The Morgan fingerprint density at radius 1 is 0.974 bits per heavy atom. The first-order valence-electron chi connectivity index (χ1n) is 12.6. The number of fused-ring (bicyclic) bond motifs is 1. The lowest BCUT2D eigenvalue weighted by Crippen LogP contribution is -2.26. The molecule has 5 rings (SSSR count). The lowest BCUT2D eigenvalue weighted by molar-refractivity contribution is 0.0940. The Bertz CT molecular complexity index is 1690. The van der Waals surface area contributed by atoms with Crippen LogP contribution in [0.25, 0.3) is 22.0 Å². The van der Waals surface area contributed by atoms with E-state index in [0.717, 1.165) is 38.6 Å². The molecule has 5 aromatic rings. The summed E-state index contributed by atoms with van der Waals surface area (Å²) >= 11 is 3.50. The number of rotatable bonds is 6. The Morgan fingerprint density at radius 2 is 1.74 bits per heavy atom. The minimum Gasteiger partial charge on any atom is -0.346 e. The maximum absolute atomic E-state index is 13.1. The van der Waals surface area contributed by atoms with Crippen LogP contribution in [-0.4, -0.2) is 10.5 Å². The fraction of sp³-hybridized carbons (Fsp3) is 0.152. The molecule has 1 amide bonds. The molecule has 0 aliphatic rings. The molecule has 1 N–H and O–H groups in total. The predicted octanol–water partition coefficient (Wildman–Crippen LogP) is 8.10. The molecular formula is C33H28BrN3O. The maximum Gasteiger partial charge on any atom is 0.251 e. The molecule has 0 aliphatic heterocycles. The van der Waals surface area contributed by atoms with Crippen molar-refractivity contribution in [1.82, 2.24) is 9.88 Å². The Hall–Kier alpha value is -4.14. The number of hydrogen-bond acceptors (Lipinski definition) is 2. The van der Waals surface area contributed by atoms with E-state index < -0.39 is 0 Å². The number of aryl methyl sites for hydroxylation is 1. The van der Waals surface area contributed by atoms with Gasteiger partial charge in [-0.3, -0.25) is 4.79 Å². The van der Waals surface area contributed by atoms with Gasteiger partial charge < -0.3 is 9.88 Å². The third-order valence-corrected chi connectivity index (χ3v) is 7.74. The molecule has 0 radical (unpaired) electrons. The van der Waals surface area contributed by atoms with E-state index >= 15 is 0 Å². The summed E-state index contributed by atoms with van der Waals surface area (Å²) in [4.78, 5) is 13.1. The highest BCUT2D eigenvalue weighted by Crippen LogP contribution is 2.29. The van der Waals surface area contributed by atoms with Crippen LogP contribution in [-0.2, 0) is 6.54 Å². The van der Waals surface area contributed by atoms with Crippen molar-refractivity contribution in [3.8, 4) is 17.2 Å². The summed E-state index contributed by atoms with van der Waals surface area (Å²) in [5, 5.41) is 13.7. The van der Waals surface area contributed by atoms with Gasteiger partial charge in [-0.15, -0.1) is 0 Å². The molecule has 188 valence electrons. The Balaban J connectivity index is 1.39. The van der Waals surface area contributed by atoms with Gasteiger partial charge in [0.2, 0.25) is 0 Å². The second-order valence-corrected chi connectivity index (χ2v) is 10.5. The van der Waals surface area contributed by atoms with Gasteiger partial charge in [-0.25, -0.2) is 0 Å². The summed E-state index contributed by atoms with van der Waals surface area (Å²) in [5.74, 6) is -0.0857. The third kappa shape index (κ3) is 5.01. The zero-order chi connectivity index (χ0) is 26.8. The van der Waals surface area contributed by atoms with Gasteiger partial charge in [-0.2, -0.15) is 5.26 Å². The number of amides is 1. The number of aromatic nitrogens is 1. The number of nitriles is 1. The third-order valence-electron chi connectivity index (χ3n) is 7.25. The molecule has 0 saturated heterocycles. The Kier molecular flexibility index (Phi) is 7.18. The predicted molar refractivity (Wildman–Crippen MR) is 157 cm³/mol. The first kappa shape index (κ1) is 25.5. The summed E-state index contributed by atoms with van der Waals surface area (Å²) in [6.45, 7) is 6.96. The number of nitrogens with one attached hydrogen (secondary N) is 1. The molecule has 4 nitrogen and oxygen atoms in total. The highest BCUT2D eigenvalue weighted by molar-refractivity contribution is 9.10. The van der Waals surface area contributed by atoms with E-state index in [4.69, 9.17) is 0 Å². The van der Waals surface area contributed by atoms with Crippen LogP contribution in [0.15, 0.2) is 95.5 Å². The van der Waals surface area contributed by atoms with Crippen LogP contribution in [0.4, 0.5) is 0 Å². The number of hydrogen-bond donors (Lipinski definition) is 1. The van der Waals surface area contributed by atoms with Crippen LogP contribution >= 0.6 is 15.9 Å². The monoisotopic (exact) mass is 561 g/mol. The quantitative estimate of drug-likeness (QED) is 0.227. The van der Waals surface area contributed by atoms with Gasteiger partial charge in [0.15, 0.2) is 0 Å². The molecule has 0 spiro atoms. The van der Waals surface area contributed by atoms with Crippen molar-refractivity contribution in [3.63, 3.8) is 0 Å². The molecule has 1 heterocycles. The van der Waals surface area contributed by atoms with E-state index in [0.29, 0.717) is 11.1 Å². The summed E-state index contributed by atoms with van der Waals surface area (Å²) in [6.07, 6.45) is 0. The van der Waals surface area contributed by atoms with E-state index in [9.17, 15) is 10.1 Å². The molecule has 0 unspecified atom stereocenters. The Labute approximate surface area is 231 Å². The van der Waals surface area contributed by atoms with Crippen molar-refractivity contribution in [1.29, 1.82) is 5.26 Å². The summed E-state index contributed by atoms with van der Waals surface area (Å²) in [7, 11) is 0. The molecule has 4 aromatic carbocycles. The lowest BCUT2D eigenvalue weighted by atomic mass is 9.99. The van der Waals surface area contributed by atoms with E-state index in [1.165, 1.54) is 16.8 Å². The number of carbonyl (C=O) groups excluding carboxylic acids is 1. The molecule has 5 heteroatoms. The van der Waals surface area contributed by atoms with Crippen LogP contribution < -0.4 is 5.32 Å². The highest BCUT2D eigenvalue weighted by Gasteiger charge is 2.16. The van der Waals surface area contributed by atoms with Gasteiger partial charge in [0.05, 0.1) is 17.7 Å². The Morgan fingerprint density at radius 3 is 2.47 bits per heavy atom. The van der Waals surface area contributed by atoms with Crippen LogP contribution in [0.1, 0.15) is 51.3 Å². The molecule has 1 aromatic heterocycles. The smallest absolute Gasteiger partial charge is 0.251 e. The SMILES string of the molecule is Cc1c(C)n(Cc2ccc(-c3ccccc3C#N)cc2)c2ccc(C(=O)N[C@@H](C)c3cccc(Br)c3)cc12. The molecule has 38 heavy (non-hydrogen) atoms. The average Bonchev–Trinajstić information content (AvgIpc) is 3.17. The maximum atomic E-state index is 13.1. The molecule has 0 fully saturated rings. The fourth-order valence-corrected chi connectivity index (χ4v) is 5.36. The van der Waals surface area contributed by atoms with Crippen molar-refractivity contribution in [2.45, 2.75) is 33.4 Å². The second-order valence-electron chi connectivity index (χ2n) is 9.63. The summed E-state index contributed by atoms with van der Waals surface area (Å²) in [6, 6.07) is 32.2. The van der Waals surface area contributed by atoms with E-state index in [1.54, 1.807) is 0 Å². The first-order valence-corrected chi connectivity index (χ1v) is 13.4. The van der Waals surface area contributed by atoms with Crippen molar-refractivity contribution in [2.75, 3.05) is 0 Å². The second kappa shape index (κ2) is 10.7. The highest BCUT2D eigenvalue weighted by atomic mass is 79.9. The zero-order valence-corrected chi connectivity index (χ0v) is 23.2. The lowest BCUT2D eigenvalue weighted by Gasteiger charge is -2.15. The van der Waals surface area contributed by atoms with Crippen LogP contribution in [0.5, 0.6) is 0 Å². The van der Waals surface area contributed by atoms with Gasteiger partial charge >= 0.3 is 0 Å². The number of benzene rings is 4. The average molecular weight is 563 g/mol. The zero-order valence-electron chi connectivity index (χ0n) is 21.6. The fourth-order valence-electron chi connectivity index (χ4n) is 4.94. The van der Waals surface area contributed by atoms with Gasteiger partial charge in [0, 0.05) is 33.2 Å². The summed E-state index contributed by atoms with van der Waals surface area (Å²) < 4.78 is 3.29. The number of nitrogens with zero attached hydrogens (tertiary/aromatic N) is 2. The van der Waals surface area contributed by atoms with Gasteiger partial charge in [0.1, 0.15) is 0 Å². The van der Waals surface area contributed by atoms with Crippen molar-refractivity contribution < 1.29 is 4.79 Å². The number of halogens is 1. The molecule has 0 saturated carbocycles. The molecule has 0 aliphatic carbocycles. The molecule has 1 atom stereocenters. The largest absolute Gasteiger partial charge is 0.346 e. The van der Waals surface area contributed by atoms with Gasteiger partial charge in [0.25, 0.3) is 5.91 Å². The molecular weight excluding hydrogens is 534 g/mol. The van der Waals surface area contributed by atoms with Crippen molar-refractivity contribution in [3.05, 3.63) is 129 Å². The summed E-state index contributed by atoms with van der Waals surface area (Å²) in [5.41, 5.74) is 8.99. The van der Waals surface area contributed by atoms with Crippen LogP contribution in [0.2, 0.25) is 0 Å². The topological polar surface area (TPSA) is 57.8 Å². The molecule has 0 bridgehead atoms. The van der Waals surface area contributed by atoms with E-state index in [-0.39, 0.29) is 11.9 Å². The minimum absolute atomic E-state index is 0.0857. The minimum atomic E-state index is -0.105. The first-order chi connectivity index (χ1) is 18.4. The van der Waals surface area contributed by atoms with Crippen molar-refractivity contribution >= 4 is 32.7 Å². The van der Waals surface area contributed by atoms with Crippen LogP contribution in [0.3, 0.4) is 0 Å². The van der Waals surface area contributed by atoms with E-state index in [2.05, 4.69) is 70.0 Å². The van der Waals surface area contributed by atoms with Gasteiger partial charge in [-0.1, -0.05) is 70.5 Å². The van der Waals surface area contributed by atoms with Crippen molar-refractivity contribution in [2.24, 2.45) is 0 Å². The van der Waals surface area contributed by atoms with Crippen LogP contribution in [0, 0.1) is 25.2 Å². The normalized spacial score (nSPS) is 11.8. The van der Waals surface area contributed by atoms with E-state index in [1.807, 2.05) is 73.7 Å². The number of carbonyl (C=O) groups is 1. The standard InChI is InChI=1S/C33H28BrN3O/c1-21-23(3)37(20-24-11-13-25(14-12-24)30-10-5-4-7-28(30)19-35)32-16-15-27(18-31(21)32)33(38)36-22(2)26-8-6-9-29(34)17-26/h4-18,22H,20H2,1-3H3,(H,36,38)/t22-/m0/s1.